The smallest absolute Gasteiger partial charge is 0.407 e. The van der Waals surface area contributed by atoms with E-state index in [0.717, 1.165) is 38.5 Å². The molecule has 0 aromatic heterocycles. The van der Waals surface area contributed by atoms with Crippen LogP contribution in [-0.2, 0) is 14.3 Å². The Morgan fingerprint density at radius 1 is 0.767 bits per heavy atom. The lowest BCUT2D eigenvalue weighted by atomic mass is 10.0. The fourth-order valence-electron chi connectivity index (χ4n) is 3.47. The van der Waals surface area contributed by atoms with Crippen molar-refractivity contribution >= 4 is 12.1 Å². The normalized spacial score (nSPS) is 12.9. The Labute approximate surface area is 186 Å². The second kappa shape index (κ2) is 21.0. The number of unbranched alkanes of at least 4 members (excludes halogenated alkanes) is 10. The molecule has 0 heterocycles. The number of carbonyl (C=O) groups is 2. The van der Waals surface area contributed by atoms with Gasteiger partial charge in [0.25, 0.3) is 0 Å². The van der Waals surface area contributed by atoms with Crippen LogP contribution in [-0.4, -0.2) is 31.3 Å². The zero-order valence-corrected chi connectivity index (χ0v) is 20.3. The van der Waals surface area contributed by atoms with Crippen molar-refractivity contribution < 1.29 is 19.1 Å². The standard InChI is InChI=1S/C25H49NO4/c1-5-8-10-11-12-13-14-15-16-17-19-29-24(27)20-22(4)26-25(28)30-21-23(7-3)18-9-6-2/h22-23H,5-21H2,1-4H3,(H,26,28). The molecule has 0 bridgehead atoms. The molecule has 0 saturated heterocycles. The van der Waals surface area contributed by atoms with E-state index in [1.54, 1.807) is 6.92 Å². The number of carbonyl (C=O) groups excluding carboxylic acids is 2. The molecular weight excluding hydrogens is 378 g/mol. The summed E-state index contributed by atoms with van der Waals surface area (Å²) in [4.78, 5) is 23.8. The molecule has 0 aliphatic carbocycles. The first kappa shape index (κ1) is 28.7. The molecule has 2 atom stereocenters. The van der Waals surface area contributed by atoms with Crippen LogP contribution in [0, 0.1) is 5.92 Å². The van der Waals surface area contributed by atoms with Crippen molar-refractivity contribution in [1.29, 1.82) is 0 Å². The highest BCUT2D eigenvalue weighted by Gasteiger charge is 2.15. The molecular formula is C25H49NO4. The van der Waals surface area contributed by atoms with Gasteiger partial charge < -0.3 is 14.8 Å². The third-order valence-corrected chi connectivity index (χ3v) is 5.59. The number of alkyl carbamates (subject to hydrolysis) is 1. The summed E-state index contributed by atoms with van der Waals surface area (Å²) in [6, 6.07) is -0.284. The fourth-order valence-corrected chi connectivity index (χ4v) is 3.47. The summed E-state index contributed by atoms with van der Waals surface area (Å²) >= 11 is 0. The Morgan fingerprint density at radius 3 is 1.90 bits per heavy atom. The van der Waals surface area contributed by atoms with Gasteiger partial charge in [0.05, 0.1) is 19.6 Å². The van der Waals surface area contributed by atoms with Gasteiger partial charge in [-0.1, -0.05) is 97.8 Å². The monoisotopic (exact) mass is 427 g/mol. The molecule has 0 spiro atoms. The van der Waals surface area contributed by atoms with E-state index in [4.69, 9.17) is 9.47 Å². The molecule has 0 radical (unpaired) electrons. The summed E-state index contributed by atoms with van der Waals surface area (Å²) in [5.41, 5.74) is 0. The van der Waals surface area contributed by atoms with E-state index in [2.05, 4.69) is 26.1 Å². The molecule has 0 rings (SSSR count). The SMILES string of the molecule is CCCCCCCCCCCCOC(=O)CC(C)NC(=O)OCC(CC)CCCC. The fraction of sp³-hybridized carbons (Fsp3) is 0.920. The number of hydrogen-bond donors (Lipinski definition) is 1. The Balaban J connectivity index is 3.63. The predicted octanol–water partition coefficient (Wildman–Crippen LogP) is 7.17. The minimum Gasteiger partial charge on any atom is -0.466 e. The molecule has 0 aromatic carbocycles. The zero-order chi connectivity index (χ0) is 22.5. The van der Waals surface area contributed by atoms with Crippen LogP contribution in [0.5, 0.6) is 0 Å². The third-order valence-electron chi connectivity index (χ3n) is 5.59. The molecule has 0 saturated carbocycles. The Morgan fingerprint density at radius 2 is 1.33 bits per heavy atom. The predicted molar refractivity (Wildman–Crippen MR) is 125 cm³/mol. The first-order valence-corrected chi connectivity index (χ1v) is 12.6. The number of ether oxygens (including phenoxy) is 2. The third kappa shape index (κ3) is 18.7. The van der Waals surface area contributed by atoms with E-state index in [0.29, 0.717) is 19.1 Å². The van der Waals surface area contributed by atoms with Gasteiger partial charge in [0.2, 0.25) is 0 Å². The maximum absolute atomic E-state index is 11.9. The highest BCUT2D eigenvalue weighted by Crippen LogP contribution is 2.13. The number of amides is 1. The number of hydrogen-bond acceptors (Lipinski definition) is 4. The molecule has 5 nitrogen and oxygen atoms in total. The number of nitrogens with one attached hydrogen (secondary N) is 1. The molecule has 2 unspecified atom stereocenters. The maximum Gasteiger partial charge on any atom is 0.407 e. The minimum absolute atomic E-state index is 0.180. The Bertz CT molecular complexity index is 414. The van der Waals surface area contributed by atoms with Crippen LogP contribution in [0.3, 0.4) is 0 Å². The molecule has 0 aliphatic heterocycles. The molecule has 1 amide bonds. The number of esters is 1. The topological polar surface area (TPSA) is 64.6 Å². The van der Waals surface area contributed by atoms with E-state index < -0.39 is 6.09 Å². The summed E-state index contributed by atoms with van der Waals surface area (Å²) in [5.74, 6) is 0.158. The second-order valence-electron chi connectivity index (χ2n) is 8.67. The van der Waals surface area contributed by atoms with E-state index in [-0.39, 0.29) is 18.4 Å². The first-order valence-electron chi connectivity index (χ1n) is 12.6. The van der Waals surface area contributed by atoms with Crippen LogP contribution in [0.2, 0.25) is 0 Å². The highest BCUT2D eigenvalue weighted by atomic mass is 16.5. The van der Waals surface area contributed by atoms with Crippen LogP contribution < -0.4 is 5.32 Å². The van der Waals surface area contributed by atoms with E-state index in [1.807, 2.05) is 0 Å². The average Bonchev–Trinajstić information content (AvgIpc) is 2.72. The number of rotatable bonds is 20. The van der Waals surface area contributed by atoms with Crippen LogP contribution in [0.1, 0.15) is 124 Å². The Kier molecular flexibility index (Phi) is 20.1. The van der Waals surface area contributed by atoms with Crippen molar-refractivity contribution in [3.63, 3.8) is 0 Å². The molecule has 5 heteroatoms. The molecule has 1 N–H and O–H groups in total. The van der Waals surface area contributed by atoms with E-state index in [9.17, 15) is 9.59 Å². The van der Waals surface area contributed by atoms with Gasteiger partial charge in [0.1, 0.15) is 0 Å². The van der Waals surface area contributed by atoms with Gasteiger partial charge in [0, 0.05) is 6.04 Å². The van der Waals surface area contributed by atoms with Gasteiger partial charge >= 0.3 is 12.1 Å². The van der Waals surface area contributed by atoms with Gasteiger partial charge in [-0.2, -0.15) is 0 Å². The van der Waals surface area contributed by atoms with Gasteiger partial charge in [-0.25, -0.2) is 4.79 Å². The van der Waals surface area contributed by atoms with Crippen LogP contribution in [0.25, 0.3) is 0 Å². The summed E-state index contributed by atoms with van der Waals surface area (Å²) in [5, 5.41) is 2.73. The van der Waals surface area contributed by atoms with Crippen molar-refractivity contribution in [3.05, 3.63) is 0 Å². The van der Waals surface area contributed by atoms with Gasteiger partial charge in [0.15, 0.2) is 0 Å². The van der Waals surface area contributed by atoms with Crippen molar-refractivity contribution in [2.24, 2.45) is 5.92 Å². The Hall–Kier alpha value is -1.26. The first-order chi connectivity index (χ1) is 14.5. The van der Waals surface area contributed by atoms with Crippen LogP contribution in [0.4, 0.5) is 4.79 Å². The second-order valence-corrected chi connectivity index (χ2v) is 8.67. The molecule has 0 aromatic rings. The summed E-state index contributed by atoms with van der Waals surface area (Å²) in [6.07, 6.45) is 16.7. The summed E-state index contributed by atoms with van der Waals surface area (Å²) in [6.45, 7) is 9.25. The zero-order valence-electron chi connectivity index (χ0n) is 20.3. The van der Waals surface area contributed by atoms with Crippen molar-refractivity contribution in [3.8, 4) is 0 Å². The highest BCUT2D eigenvalue weighted by molar-refractivity contribution is 5.72. The lowest BCUT2D eigenvalue weighted by Gasteiger charge is -2.17. The summed E-state index contributed by atoms with van der Waals surface area (Å²) < 4.78 is 10.6. The largest absolute Gasteiger partial charge is 0.466 e. The van der Waals surface area contributed by atoms with Crippen molar-refractivity contribution in [2.45, 2.75) is 130 Å². The minimum atomic E-state index is -0.444. The molecule has 30 heavy (non-hydrogen) atoms. The van der Waals surface area contributed by atoms with E-state index >= 15 is 0 Å². The quantitative estimate of drug-likeness (QED) is 0.165. The van der Waals surface area contributed by atoms with Crippen LogP contribution >= 0.6 is 0 Å². The lowest BCUT2D eigenvalue weighted by Crippen LogP contribution is -2.35. The summed E-state index contributed by atoms with van der Waals surface area (Å²) in [7, 11) is 0. The average molecular weight is 428 g/mol. The maximum atomic E-state index is 11.9. The molecule has 0 aliphatic rings. The van der Waals surface area contributed by atoms with Crippen molar-refractivity contribution in [2.75, 3.05) is 13.2 Å². The van der Waals surface area contributed by atoms with Gasteiger partial charge in [-0.05, 0) is 25.7 Å². The van der Waals surface area contributed by atoms with Crippen LogP contribution in [0.15, 0.2) is 0 Å². The lowest BCUT2D eigenvalue weighted by molar-refractivity contribution is -0.144. The van der Waals surface area contributed by atoms with E-state index in [1.165, 1.54) is 51.4 Å². The van der Waals surface area contributed by atoms with Crippen molar-refractivity contribution in [1.82, 2.24) is 5.32 Å². The molecule has 178 valence electrons. The van der Waals surface area contributed by atoms with Gasteiger partial charge in [-0.3, -0.25) is 4.79 Å². The molecule has 0 fully saturated rings. The van der Waals surface area contributed by atoms with Gasteiger partial charge in [-0.15, -0.1) is 0 Å².